The quantitative estimate of drug-likeness (QED) is 0.736. The Morgan fingerprint density at radius 3 is 2.79 bits per heavy atom. The number of benzene rings is 1. The van der Waals surface area contributed by atoms with Crippen molar-refractivity contribution in [2.75, 3.05) is 11.9 Å². The standard InChI is InChI=1S/C20H21N5O2S/c1-20(2,3)16-11-24-14-7-5-4-6-13(14)10-15(24)18(27)25(23-16)12-17(26)22-19-21-8-9-28-19/h4-10H,11-12H2,1-3H3,(H,21,22,26). The van der Waals surface area contributed by atoms with Crippen molar-refractivity contribution in [2.45, 2.75) is 27.3 Å². The molecular weight excluding hydrogens is 374 g/mol. The summed E-state index contributed by atoms with van der Waals surface area (Å²) in [5.74, 6) is -0.616. The molecule has 3 heterocycles. The van der Waals surface area contributed by atoms with E-state index in [2.05, 4.69) is 36.2 Å². The number of hydrogen-bond donors (Lipinski definition) is 1. The van der Waals surface area contributed by atoms with Crippen molar-refractivity contribution in [1.29, 1.82) is 0 Å². The van der Waals surface area contributed by atoms with E-state index in [0.29, 0.717) is 17.4 Å². The van der Waals surface area contributed by atoms with Crippen LogP contribution in [0.5, 0.6) is 0 Å². The number of amides is 2. The van der Waals surface area contributed by atoms with E-state index in [1.54, 1.807) is 11.6 Å². The van der Waals surface area contributed by atoms with Crippen LogP contribution in [-0.4, -0.2) is 38.6 Å². The van der Waals surface area contributed by atoms with Gasteiger partial charge in [-0.2, -0.15) is 5.10 Å². The Balaban J connectivity index is 1.72. The van der Waals surface area contributed by atoms with Gasteiger partial charge >= 0.3 is 0 Å². The summed E-state index contributed by atoms with van der Waals surface area (Å²) in [6, 6.07) is 9.75. The summed E-state index contributed by atoms with van der Waals surface area (Å²) in [5.41, 5.74) is 2.10. The van der Waals surface area contributed by atoms with Crippen LogP contribution in [-0.2, 0) is 11.3 Å². The number of hydrazone groups is 1. The van der Waals surface area contributed by atoms with Crippen LogP contribution in [0.2, 0.25) is 0 Å². The van der Waals surface area contributed by atoms with Gasteiger partial charge in [0, 0.05) is 27.9 Å². The van der Waals surface area contributed by atoms with Crippen molar-refractivity contribution in [3.63, 3.8) is 0 Å². The lowest BCUT2D eigenvalue weighted by Gasteiger charge is -2.23. The van der Waals surface area contributed by atoms with E-state index in [0.717, 1.165) is 16.6 Å². The van der Waals surface area contributed by atoms with E-state index in [-0.39, 0.29) is 23.8 Å². The molecule has 0 saturated heterocycles. The predicted octanol–water partition coefficient (Wildman–Crippen LogP) is 3.59. The van der Waals surface area contributed by atoms with E-state index in [1.807, 2.05) is 34.9 Å². The molecule has 3 aromatic rings. The number of rotatable bonds is 3. The molecule has 28 heavy (non-hydrogen) atoms. The third-order valence-corrected chi connectivity index (χ3v) is 5.34. The van der Waals surface area contributed by atoms with Gasteiger partial charge in [-0.15, -0.1) is 11.3 Å². The topological polar surface area (TPSA) is 79.6 Å². The highest BCUT2D eigenvalue weighted by Gasteiger charge is 2.31. The summed E-state index contributed by atoms with van der Waals surface area (Å²) in [5, 5.41) is 11.8. The van der Waals surface area contributed by atoms with Crippen molar-refractivity contribution in [3.8, 4) is 0 Å². The van der Waals surface area contributed by atoms with Gasteiger partial charge in [0.05, 0.1) is 12.3 Å². The SMILES string of the molecule is CC(C)(C)C1=NN(CC(=O)Nc2nccs2)C(=O)c2cc3ccccc3n2C1. The highest BCUT2D eigenvalue weighted by Crippen LogP contribution is 2.27. The molecule has 0 aliphatic carbocycles. The molecule has 0 saturated carbocycles. The third kappa shape index (κ3) is 3.43. The van der Waals surface area contributed by atoms with E-state index >= 15 is 0 Å². The zero-order chi connectivity index (χ0) is 19.9. The molecule has 7 nitrogen and oxygen atoms in total. The first-order valence-corrected chi connectivity index (χ1v) is 9.88. The first-order chi connectivity index (χ1) is 13.3. The second-order valence-corrected chi connectivity index (χ2v) is 8.61. The summed E-state index contributed by atoms with van der Waals surface area (Å²) in [7, 11) is 0. The highest BCUT2D eigenvalue weighted by molar-refractivity contribution is 7.13. The summed E-state index contributed by atoms with van der Waals surface area (Å²) >= 11 is 1.33. The molecule has 1 aromatic carbocycles. The summed E-state index contributed by atoms with van der Waals surface area (Å²) in [6.07, 6.45) is 1.62. The first-order valence-electron chi connectivity index (χ1n) is 9.00. The van der Waals surface area contributed by atoms with Crippen LogP contribution < -0.4 is 5.32 Å². The van der Waals surface area contributed by atoms with Crippen LogP contribution in [0.15, 0.2) is 47.0 Å². The molecule has 0 atom stereocenters. The van der Waals surface area contributed by atoms with Crippen LogP contribution >= 0.6 is 11.3 Å². The summed E-state index contributed by atoms with van der Waals surface area (Å²) in [6.45, 7) is 6.50. The van der Waals surface area contributed by atoms with Gasteiger partial charge in [0.1, 0.15) is 12.2 Å². The fraction of sp³-hybridized carbons (Fsp3) is 0.300. The number of carbonyl (C=O) groups excluding carboxylic acids is 2. The Kier molecular flexibility index (Phi) is 4.50. The number of hydrogen-bond acceptors (Lipinski definition) is 5. The number of nitrogens with one attached hydrogen (secondary N) is 1. The van der Waals surface area contributed by atoms with E-state index in [4.69, 9.17) is 0 Å². The monoisotopic (exact) mass is 395 g/mol. The molecule has 2 amide bonds. The molecule has 144 valence electrons. The molecule has 0 spiro atoms. The second-order valence-electron chi connectivity index (χ2n) is 7.72. The third-order valence-electron chi connectivity index (χ3n) is 4.65. The summed E-state index contributed by atoms with van der Waals surface area (Å²) < 4.78 is 1.99. The fourth-order valence-electron chi connectivity index (χ4n) is 3.14. The Bertz CT molecular complexity index is 1080. The van der Waals surface area contributed by atoms with E-state index in [9.17, 15) is 9.59 Å². The fourth-order valence-corrected chi connectivity index (χ4v) is 3.68. The normalized spacial score (nSPS) is 14.6. The largest absolute Gasteiger partial charge is 0.331 e. The maximum Gasteiger partial charge on any atom is 0.291 e. The number of anilines is 1. The van der Waals surface area contributed by atoms with Gasteiger partial charge in [-0.3, -0.25) is 9.59 Å². The van der Waals surface area contributed by atoms with Gasteiger partial charge in [0.2, 0.25) is 5.91 Å². The van der Waals surface area contributed by atoms with Crippen LogP contribution in [0, 0.1) is 5.41 Å². The number of aromatic nitrogens is 2. The molecule has 0 bridgehead atoms. The van der Waals surface area contributed by atoms with Crippen molar-refractivity contribution >= 4 is 44.9 Å². The molecular formula is C20H21N5O2S. The first kappa shape index (κ1) is 18.4. The Labute approximate surface area is 166 Å². The van der Waals surface area contributed by atoms with Gasteiger partial charge < -0.3 is 9.88 Å². The second kappa shape index (κ2) is 6.87. The van der Waals surface area contributed by atoms with Crippen molar-refractivity contribution in [3.05, 3.63) is 47.6 Å². The number of carbonyl (C=O) groups is 2. The minimum atomic E-state index is -0.329. The van der Waals surface area contributed by atoms with E-state index in [1.165, 1.54) is 16.3 Å². The molecule has 2 aromatic heterocycles. The molecule has 4 rings (SSSR count). The minimum absolute atomic E-state index is 0.167. The van der Waals surface area contributed by atoms with Crippen molar-refractivity contribution in [2.24, 2.45) is 10.5 Å². The van der Waals surface area contributed by atoms with Crippen LogP contribution in [0.4, 0.5) is 5.13 Å². The Morgan fingerprint density at radius 1 is 1.29 bits per heavy atom. The molecule has 0 unspecified atom stereocenters. The Morgan fingerprint density at radius 2 is 2.07 bits per heavy atom. The van der Waals surface area contributed by atoms with Gasteiger partial charge in [0.15, 0.2) is 5.13 Å². The van der Waals surface area contributed by atoms with E-state index < -0.39 is 0 Å². The van der Waals surface area contributed by atoms with Crippen LogP contribution in [0.3, 0.4) is 0 Å². The highest BCUT2D eigenvalue weighted by atomic mass is 32.1. The van der Waals surface area contributed by atoms with Crippen molar-refractivity contribution < 1.29 is 9.59 Å². The van der Waals surface area contributed by atoms with Crippen molar-refractivity contribution in [1.82, 2.24) is 14.6 Å². The van der Waals surface area contributed by atoms with Crippen LogP contribution in [0.1, 0.15) is 31.3 Å². The maximum absolute atomic E-state index is 13.2. The smallest absolute Gasteiger partial charge is 0.291 e. The molecule has 1 N–H and O–H groups in total. The molecule has 0 fully saturated rings. The number of fused-ring (bicyclic) bond motifs is 3. The summed E-state index contributed by atoms with van der Waals surface area (Å²) in [4.78, 5) is 29.7. The molecule has 1 aliphatic heterocycles. The predicted molar refractivity (Wildman–Crippen MR) is 111 cm³/mol. The number of para-hydroxylation sites is 1. The minimum Gasteiger partial charge on any atom is -0.331 e. The Hall–Kier alpha value is -3.00. The maximum atomic E-state index is 13.2. The molecule has 1 aliphatic rings. The number of thiazole rings is 1. The zero-order valence-electron chi connectivity index (χ0n) is 16.0. The van der Waals surface area contributed by atoms with Gasteiger partial charge in [0.25, 0.3) is 5.91 Å². The average molecular weight is 395 g/mol. The lowest BCUT2D eigenvalue weighted by atomic mass is 9.90. The van der Waals surface area contributed by atoms with Gasteiger partial charge in [-0.1, -0.05) is 39.0 Å². The van der Waals surface area contributed by atoms with Gasteiger partial charge in [-0.25, -0.2) is 9.99 Å². The number of nitrogens with zero attached hydrogens (tertiary/aromatic N) is 4. The molecule has 8 heteroatoms. The van der Waals surface area contributed by atoms with Gasteiger partial charge in [-0.05, 0) is 12.1 Å². The lowest BCUT2D eigenvalue weighted by Crippen LogP contribution is -2.35. The zero-order valence-corrected chi connectivity index (χ0v) is 16.8. The average Bonchev–Trinajstić information content (AvgIpc) is 3.24. The molecule has 0 radical (unpaired) electrons. The lowest BCUT2D eigenvalue weighted by molar-refractivity contribution is -0.116. The van der Waals surface area contributed by atoms with Crippen LogP contribution in [0.25, 0.3) is 10.9 Å².